The second-order valence-corrected chi connectivity index (χ2v) is 5.83. The highest BCUT2D eigenvalue weighted by Crippen LogP contribution is 2.21. The van der Waals surface area contributed by atoms with Gasteiger partial charge in [-0.15, -0.1) is 12.4 Å². The third-order valence-corrected chi connectivity index (χ3v) is 4.29. The van der Waals surface area contributed by atoms with Crippen molar-refractivity contribution < 1.29 is 13.6 Å². The molecule has 0 unspecified atom stereocenters. The second-order valence-electron chi connectivity index (χ2n) is 4.98. The Morgan fingerprint density at radius 3 is 2.52 bits per heavy atom. The van der Waals surface area contributed by atoms with Crippen molar-refractivity contribution in [3.8, 4) is 0 Å². The summed E-state index contributed by atoms with van der Waals surface area (Å²) < 4.78 is 27.2. The van der Waals surface area contributed by atoms with Crippen molar-refractivity contribution in [3.05, 3.63) is 33.8 Å². The minimum Gasteiger partial charge on any atom is -0.342 e. The van der Waals surface area contributed by atoms with Crippen LogP contribution in [0.2, 0.25) is 0 Å². The van der Waals surface area contributed by atoms with Crippen LogP contribution in [0.15, 0.2) is 16.6 Å². The van der Waals surface area contributed by atoms with Gasteiger partial charge in [-0.1, -0.05) is 0 Å². The van der Waals surface area contributed by atoms with Gasteiger partial charge in [0.25, 0.3) is 0 Å². The van der Waals surface area contributed by atoms with Gasteiger partial charge >= 0.3 is 0 Å². The quantitative estimate of drug-likeness (QED) is 0.814. The van der Waals surface area contributed by atoms with Crippen LogP contribution in [0.3, 0.4) is 0 Å². The SMILES string of the molecule is CNC1CCN(C(=O)Cc2cc(F)c(Br)cc2F)CC1.Cl. The van der Waals surface area contributed by atoms with E-state index >= 15 is 0 Å². The van der Waals surface area contributed by atoms with Gasteiger partial charge < -0.3 is 10.2 Å². The van der Waals surface area contributed by atoms with E-state index < -0.39 is 11.6 Å². The van der Waals surface area contributed by atoms with Crippen LogP contribution in [-0.2, 0) is 11.2 Å². The zero-order chi connectivity index (χ0) is 14.7. The Labute approximate surface area is 137 Å². The highest BCUT2D eigenvalue weighted by Gasteiger charge is 2.22. The van der Waals surface area contributed by atoms with Crippen LogP contribution in [0.25, 0.3) is 0 Å². The lowest BCUT2D eigenvalue weighted by Crippen LogP contribution is -2.44. The maximum atomic E-state index is 13.7. The molecule has 3 nitrogen and oxygen atoms in total. The Hall–Kier alpha value is -0.720. The van der Waals surface area contributed by atoms with Crippen LogP contribution in [0, 0.1) is 11.6 Å². The molecule has 21 heavy (non-hydrogen) atoms. The first kappa shape index (κ1) is 18.3. The fraction of sp³-hybridized carbons (Fsp3) is 0.500. The van der Waals surface area contributed by atoms with Gasteiger partial charge in [0, 0.05) is 24.7 Å². The van der Waals surface area contributed by atoms with Gasteiger partial charge in [0.2, 0.25) is 5.91 Å². The predicted molar refractivity (Wildman–Crippen MR) is 83.7 cm³/mol. The highest BCUT2D eigenvalue weighted by atomic mass is 79.9. The molecule has 1 aliphatic rings. The fourth-order valence-corrected chi connectivity index (χ4v) is 2.71. The van der Waals surface area contributed by atoms with Crippen LogP contribution in [0.4, 0.5) is 8.78 Å². The summed E-state index contributed by atoms with van der Waals surface area (Å²) in [6.07, 6.45) is 1.68. The van der Waals surface area contributed by atoms with Crippen molar-refractivity contribution in [3.63, 3.8) is 0 Å². The largest absolute Gasteiger partial charge is 0.342 e. The van der Waals surface area contributed by atoms with Gasteiger partial charge in [-0.3, -0.25) is 4.79 Å². The lowest BCUT2D eigenvalue weighted by atomic mass is 10.0. The molecule has 1 aliphatic heterocycles. The van der Waals surface area contributed by atoms with Crippen LogP contribution in [-0.4, -0.2) is 37.0 Å². The summed E-state index contributed by atoms with van der Waals surface area (Å²) >= 11 is 2.92. The van der Waals surface area contributed by atoms with Crippen LogP contribution < -0.4 is 5.32 Å². The summed E-state index contributed by atoms with van der Waals surface area (Å²) in [4.78, 5) is 13.8. The third kappa shape index (κ3) is 4.63. The first-order valence-corrected chi connectivity index (χ1v) is 7.39. The van der Waals surface area contributed by atoms with E-state index in [0.29, 0.717) is 19.1 Å². The molecule has 0 aromatic heterocycles. The van der Waals surface area contributed by atoms with E-state index in [1.807, 2.05) is 7.05 Å². The molecule has 118 valence electrons. The maximum absolute atomic E-state index is 13.7. The van der Waals surface area contributed by atoms with Gasteiger partial charge in [0.05, 0.1) is 10.9 Å². The van der Waals surface area contributed by atoms with E-state index in [2.05, 4.69) is 21.2 Å². The molecule has 7 heteroatoms. The summed E-state index contributed by atoms with van der Waals surface area (Å²) in [6, 6.07) is 2.57. The molecule has 1 saturated heterocycles. The molecule has 0 aliphatic carbocycles. The molecule has 1 N–H and O–H groups in total. The number of hydrogen-bond donors (Lipinski definition) is 1. The van der Waals surface area contributed by atoms with Crippen LogP contribution in [0.1, 0.15) is 18.4 Å². The Kier molecular flexibility index (Phi) is 7.03. The summed E-state index contributed by atoms with van der Waals surface area (Å²) in [5, 5.41) is 3.18. The van der Waals surface area contributed by atoms with E-state index in [1.165, 1.54) is 0 Å². The average molecular weight is 384 g/mol. The van der Waals surface area contributed by atoms with E-state index in [4.69, 9.17) is 0 Å². The number of piperidine rings is 1. The van der Waals surface area contributed by atoms with Crippen molar-refractivity contribution >= 4 is 34.2 Å². The number of amides is 1. The molecule has 1 aromatic rings. The molecule has 0 radical (unpaired) electrons. The fourth-order valence-electron chi connectivity index (χ4n) is 2.39. The Balaban J connectivity index is 0.00000220. The number of hydrogen-bond acceptors (Lipinski definition) is 2. The number of likely N-dealkylation sites (tertiary alicyclic amines) is 1. The van der Waals surface area contributed by atoms with Gasteiger partial charge in [-0.2, -0.15) is 0 Å². The van der Waals surface area contributed by atoms with Crippen molar-refractivity contribution in [2.75, 3.05) is 20.1 Å². The van der Waals surface area contributed by atoms with E-state index in [-0.39, 0.29) is 34.8 Å². The van der Waals surface area contributed by atoms with Crippen molar-refractivity contribution in [2.24, 2.45) is 0 Å². The van der Waals surface area contributed by atoms with Crippen molar-refractivity contribution in [1.29, 1.82) is 0 Å². The van der Waals surface area contributed by atoms with Gasteiger partial charge in [0.15, 0.2) is 0 Å². The minimum absolute atomic E-state index is 0. The number of nitrogens with one attached hydrogen (secondary N) is 1. The van der Waals surface area contributed by atoms with E-state index in [9.17, 15) is 13.6 Å². The number of carbonyl (C=O) groups excluding carboxylic acids is 1. The van der Waals surface area contributed by atoms with Crippen molar-refractivity contribution in [2.45, 2.75) is 25.3 Å². The molecule has 1 fully saturated rings. The molecule has 1 amide bonds. The Bertz CT molecular complexity index is 508. The summed E-state index contributed by atoms with van der Waals surface area (Å²) in [6.45, 7) is 1.32. The number of halogens is 4. The smallest absolute Gasteiger partial charge is 0.227 e. The third-order valence-electron chi connectivity index (χ3n) is 3.69. The van der Waals surface area contributed by atoms with Crippen molar-refractivity contribution in [1.82, 2.24) is 10.2 Å². The molecule has 1 heterocycles. The molecule has 2 rings (SSSR count). The van der Waals surface area contributed by atoms with Gasteiger partial charge in [0.1, 0.15) is 11.6 Å². The summed E-state index contributed by atoms with van der Waals surface area (Å²) in [5.74, 6) is -1.26. The monoisotopic (exact) mass is 382 g/mol. The van der Waals surface area contributed by atoms with Gasteiger partial charge in [-0.25, -0.2) is 8.78 Å². The highest BCUT2D eigenvalue weighted by molar-refractivity contribution is 9.10. The lowest BCUT2D eigenvalue weighted by Gasteiger charge is -2.32. The minimum atomic E-state index is -0.559. The number of nitrogens with zero attached hydrogens (tertiary/aromatic N) is 1. The maximum Gasteiger partial charge on any atom is 0.227 e. The molecule has 1 aromatic carbocycles. The standard InChI is InChI=1S/C14H17BrF2N2O.ClH/c1-18-10-2-4-19(5-3-10)14(20)7-9-6-13(17)11(15)8-12(9)16;/h6,8,10,18H,2-5,7H2,1H3;1H. The number of rotatable bonds is 3. The molecular weight excluding hydrogens is 366 g/mol. The zero-order valence-corrected chi connectivity index (χ0v) is 14.1. The molecular formula is C14H18BrClF2N2O. The first-order valence-electron chi connectivity index (χ1n) is 6.59. The lowest BCUT2D eigenvalue weighted by molar-refractivity contribution is -0.131. The topological polar surface area (TPSA) is 32.3 Å². The second kappa shape index (κ2) is 8.06. The molecule has 0 atom stereocenters. The molecule has 0 bridgehead atoms. The zero-order valence-electron chi connectivity index (χ0n) is 11.7. The number of carbonyl (C=O) groups is 1. The van der Waals surface area contributed by atoms with E-state index in [0.717, 1.165) is 25.0 Å². The first-order chi connectivity index (χ1) is 9.51. The van der Waals surface area contributed by atoms with Crippen LogP contribution in [0.5, 0.6) is 0 Å². The normalized spacial score (nSPS) is 15.7. The van der Waals surface area contributed by atoms with Crippen LogP contribution >= 0.6 is 28.3 Å². The van der Waals surface area contributed by atoms with E-state index in [1.54, 1.807) is 4.90 Å². The van der Waals surface area contributed by atoms with Gasteiger partial charge in [-0.05, 0) is 48.0 Å². The molecule has 0 spiro atoms. The Morgan fingerprint density at radius 1 is 1.33 bits per heavy atom. The summed E-state index contributed by atoms with van der Waals surface area (Å²) in [5.41, 5.74) is 0.103. The number of benzene rings is 1. The Morgan fingerprint density at radius 2 is 1.95 bits per heavy atom. The molecule has 0 saturated carbocycles. The summed E-state index contributed by atoms with van der Waals surface area (Å²) in [7, 11) is 1.90. The average Bonchev–Trinajstić information content (AvgIpc) is 2.44. The predicted octanol–water partition coefficient (Wildman–Crippen LogP) is 2.90.